The van der Waals surface area contributed by atoms with Crippen LogP contribution in [0.1, 0.15) is 5.56 Å². The van der Waals surface area contributed by atoms with Gasteiger partial charge in [0.1, 0.15) is 31.4 Å². The van der Waals surface area contributed by atoms with E-state index in [0.29, 0.717) is 30.3 Å². The Labute approximate surface area is 121 Å². The maximum atomic E-state index is 9.13. The quantitative estimate of drug-likeness (QED) is 0.649. The van der Waals surface area contributed by atoms with E-state index in [9.17, 15) is 0 Å². The molecular formula is C15H10N4O2. The fourth-order valence-electron chi connectivity index (χ4n) is 1.77. The maximum absolute atomic E-state index is 9.13. The first-order valence-corrected chi connectivity index (χ1v) is 6.01. The number of allylic oxidation sites excluding steroid dienone is 2. The molecule has 0 aliphatic carbocycles. The van der Waals surface area contributed by atoms with Gasteiger partial charge in [0.15, 0.2) is 17.1 Å². The molecule has 0 aromatic heterocycles. The van der Waals surface area contributed by atoms with Crippen LogP contribution in [0.25, 0.3) is 6.08 Å². The Balaban J connectivity index is 2.43. The molecule has 0 unspecified atom stereocenters. The molecule has 1 aliphatic rings. The predicted octanol–water partition coefficient (Wildman–Crippen LogP) is 1.62. The second-order valence-electron chi connectivity index (χ2n) is 4.09. The summed E-state index contributed by atoms with van der Waals surface area (Å²) in [5.74, 6) is 1.21. The van der Waals surface area contributed by atoms with Crippen molar-refractivity contribution in [1.82, 2.24) is 0 Å². The van der Waals surface area contributed by atoms with Crippen LogP contribution < -0.4 is 15.2 Å². The van der Waals surface area contributed by atoms with Crippen LogP contribution in [0.15, 0.2) is 35.0 Å². The van der Waals surface area contributed by atoms with Gasteiger partial charge in [-0.2, -0.15) is 15.8 Å². The van der Waals surface area contributed by atoms with E-state index in [-0.39, 0.29) is 16.8 Å². The minimum absolute atomic E-state index is 0.0461. The zero-order valence-corrected chi connectivity index (χ0v) is 11.0. The van der Waals surface area contributed by atoms with Crippen LogP contribution in [0.5, 0.6) is 11.5 Å². The smallest absolute Gasteiger partial charge is 0.161 e. The Bertz CT molecular complexity index is 741. The standard InChI is InChI=1S/C15H10N4O2/c16-7-11(15(19)12(8-17)9-18)5-10-1-2-13-14(6-10)21-4-3-20-13/h1-2,5-6H,3-4,19H2. The topological polar surface area (TPSA) is 116 Å². The van der Waals surface area contributed by atoms with E-state index >= 15 is 0 Å². The summed E-state index contributed by atoms with van der Waals surface area (Å²) in [5.41, 5.74) is 5.94. The predicted molar refractivity (Wildman–Crippen MR) is 73.5 cm³/mol. The molecular weight excluding hydrogens is 268 g/mol. The number of hydrogen-bond acceptors (Lipinski definition) is 6. The number of fused-ring (bicyclic) bond motifs is 1. The van der Waals surface area contributed by atoms with Gasteiger partial charge in [0, 0.05) is 0 Å². The first kappa shape index (κ1) is 14.0. The monoisotopic (exact) mass is 278 g/mol. The molecule has 0 atom stereocenters. The summed E-state index contributed by atoms with van der Waals surface area (Å²) < 4.78 is 10.8. The fraction of sp³-hybridized carbons (Fsp3) is 0.133. The van der Waals surface area contributed by atoms with Crippen molar-refractivity contribution >= 4 is 6.08 Å². The number of ether oxygens (including phenoxy) is 2. The molecule has 0 saturated carbocycles. The Morgan fingerprint density at radius 2 is 1.71 bits per heavy atom. The van der Waals surface area contributed by atoms with Gasteiger partial charge in [0.05, 0.1) is 11.3 Å². The van der Waals surface area contributed by atoms with Gasteiger partial charge in [-0.05, 0) is 23.8 Å². The minimum atomic E-state index is -0.291. The van der Waals surface area contributed by atoms with Crippen molar-refractivity contribution in [3.05, 3.63) is 40.6 Å². The van der Waals surface area contributed by atoms with Crippen LogP contribution in [-0.2, 0) is 0 Å². The van der Waals surface area contributed by atoms with E-state index in [1.54, 1.807) is 30.3 Å². The number of nitriles is 3. The number of benzene rings is 1. The third kappa shape index (κ3) is 2.94. The van der Waals surface area contributed by atoms with Crippen molar-refractivity contribution in [2.24, 2.45) is 5.73 Å². The van der Waals surface area contributed by atoms with Crippen LogP contribution in [0, 0.1) is 34.0 Å². The van der Waals surface area contributed by atoms with Gasteiger partial charge < -0.3 is 15.2 Å². The Morgan fingerprint density at radius 1 is 1.05 bits per heavy atom. The second-order valence-corrected chi connectivity index (χ2v) is 4.09. The van der Waals surface area contributed by atoms with Crippen molar-refractivity contribution in [2.45, 2.75) is 0 Å². The van der Waals surface area contributed by atoms with E-state index < -0.39 is 0 Å². The van der Waals surface area contributed by atoms with Crippen LogP contribution in [0.2, 0.25) is 0 Å². The molecule has 0 saturated heterocycles. The molecule has 2 rings (SSSR count). The molecule has 0 fully saturated rings. The zero-order valence-electron chi connectivity index (χ0n) is 11.0. The zero-order chi connectivity index (χ0) is 15.2. The van der Waals surface area contributed by atoms with Crippen LogP contribution in [0.4, 0.5) is 0 Å². The van der Waals surface area contributed by atoms with Gasteiger partial charge in [-0.15, -0.1) is 0 Å². The van der Waals surface area contributed by atoms with Crippen LogP contribution in [-0.4, -0.2) is 13.2 Å². The average Bonchev–Trinajstić information content (AvgIpc) is 2.53. The highest BCUT2D eigenvalue weighted by molar-refractivity contribution is 5.67. The SMILES string of the molecule is N#CC(=Cc1ccc2c(c1)OCCO2)C(N)=C(C#N)C#N. The largest absolute Gasteiger partial charge is 0.486 e. The van der Waals surface area contributed by atoms with Gasteiger partial charge >= 0.3 is 0 Å². The van der Waals surface area contributed by atoms with Crippen LogP contribution >= 0.6 is 0 Å². The molecule has 1 heterocycles. The van der Waals surface area contributed by atoms with E-state index in [0.717, 1.165) is 0 Å². The van der Waals surface area contributed by atoms with Crippen molar-refractivity contribution in [1.29, 1.82) is 15.8 Å². The lowest BCUT2D eigenvalue weighted by Crippen LogP contribution is -2.15. The molecule has 102 valence electrons. The fourth-order valence-corrected chi connectivity index (χ4v) is 1.77. The molecule has 0 spiro atoms. The van der Waals surface area contributed by atoms with Gasteiger partial charge in [-0.25, -0.2) is 0 Å². The first-order valence-electron chi connectivity index (χ1n) is 6.01. The molecule has 21 heavy (non-hydrogen) atoms. The average molecular weight is 278 g/mol. The summed E-state index contributed by atoms with van der Waals surface area (Å²) in [4.78, 5) is 0. The number of rotatable bonds is 2. The molecule has 0 radical (unpaired) electrons. The summed E-state index contributed by atoms with van der Waals surface area (Å²) in [6.07, 6.45) is 1.49. The minimum Gasteiger partial charge on any atom is -0.486 e. The van der Waals surface area contributed by atoms with Crippen LogP contribution in [0.3, 0.4) is 0 Å². The molecule has 6 heteroatoms. The Kier molecular flexibility index (Phi) is 4.09. The van der Waals surface area contributed by atoms with Crippen molar-refractivity contribution < 1.29 is 9.47 Å². The van der Waals surface area contributed by atoms with Gasteiger partial charge in [-0.3, -0.25) is 0 Å². The molecule has 2 N–H and O–H groups in total. The highest BCUT2D eigenvalue weighted by atomic mass is 16.6. The summed E-state index contributed by atoms with van der Waals surface area (Å²) in [5, 5.41) is 26.7. The lowest BCUT2D eigenvalue weighted by Gasteiger charge is -2.18. The summed E-state index contributed by atoms with van der Waals surface area (Å²) in [6, 6.07) is 10.4. The highest BCUT2D eigenvalue weighted by Crippen LogP contribution is 2.31. The van der Waals surface area contributed by atoms with E-state index in [2.05, 4.69) is 0 Å². The lowest BCUT2D eigenvalue weighted by atomic mass is 10.1. The summed E-state index contributed by atoms with van der Waals surface area (Å²) >= 11 is 0. The second kappa shape index (κ2) is 6.14. The van der Waals surface area contributed by atoms with E-state index in [4.69, 9.17) is 31.0 Å². The molecule has 0 bridgehead atoms. The van der Waals surface area contributed by atoms with Crippen molar-refractivity contribution in [3.63, 3.8) is 0 Å². The number of nitrogens with zero attached hydrogens (tertiary/aromatic N) is 3. The molecule has 6 nitrogen and oxygen atoms in total. The maximum Gasteiger partial charge on any atom is 0.161 e. The number of hydrogen-bond donors (Lipinski definition) is 1. The third-order valence-corrected chi connectivity index (χ3v) is 2.78. The summed E-state index contributed by atoms with van der Waals surface area (Å²) in [7, 11) is 0. The lowest BCUT2D eigenvalue weighted by molar-refractivity contribution is 0.171. The van der Waals surface area contributed by atoms with Gasteiger partial charge in [0.2, 0.25) is 0 Å². The normalized spacial score (nSPS) is 12.5. The number of nitrogens with two attached hydrogens (primary N) is 1. The van der Waals surface area contributed by atoms with Gasteiger partial charge in [0.25, 0.3) is 0 Å². The Morgan fingerprint density at radius 3 is 2.33 bits per heavy atom. The summed E-state index contributed by atoms with van der Waals surface area (Å²) in [6.45, 7) is 0.954. The highest BCUT2D eigenvalue weighted by Gasteiger charge is 2.12. The molecule has 1 aromatic carbocycles. The Hall–Kier alpha value is -3.43. The molecule has 1 aromatic rings. The third-order valence-electron chi connectivity index (χ3n) is 2.78. The van der Waals surface area contributed by atoms with Gasteiger partial charge in [-0.1, -0.05) is 6.07 Å². The van der Waals surface area contributed by atoms with Crippen molar-refractivity contribution in [3.8, 4) is 29.7 Å². The van der Waals surface area contributed by atoms with Crippen molar-refractivity contribution in [2.75, 3.05) is 13.2 Å². The molecule has 0 amide bonds. The van der Waals surface area contributed by atoms with E-state index in [1.807, 2.05) is 6.07 Å². The first-order chi connectivity index (χ1) is 10.2. The molecule has 1 aliphatic heterocycles. The van der Waals surface area contributed by atoms with E-state index in [1.165, 1.54) is 6.08 Å².